The Labute approximate surface area is 128 Å². The van der Waals surface area contributed by atoms with Crippen LogP contribution in [0.2, 0.25) is 0 Å². The molecule has 1 fully saturated rings. The molecule has 0 spiro atoms. The van der Waals surface area contributed by atoms with Crippen molar-refractivity contribution in [1.82, 2.24) is 10.1 Å². The summed E-state index contributed by atoms with van der Waals surface area (Å²) < 4.78 is 16.8. The van der Waals surface area contributed by atoms with Crippen LogP contribution in [0.5, 0.6) is 5.75 Å². The first kappa shape index (κ1) is 14.5. The fourth-order valence-corrected chi connectivity index (χ4v) is 2.33. The number of nitrogens with zero attached hydrogens (tertiary/aromatic N) is 3. The third kappa shape index (κ3) is 2.95. The number of rotatable bonds is 4. The second-order valence-electron chi connectivity index (χ2n) is 5.71. The normalized spacial score (nSPS) is 18.1. The van der Waals surface area contributed by atoms with Crippen molar-refractivity contribution < 1.29 is 14.0 Å². The van der Waals surface area contributed by atoms with Gasteiger partial charge in [-0.3, -0.25) is 0 Å². The van der Waals surface area contributed by atoms with E-state index in [2.05, 4.69) is 16.2 Å². The van der Waals surface area contributed by atoms with Gasteiger partial charge in [-0.25, -0.2) is 0 Å². The smallest absolute Gasteiger partial charge is 0.270 e. The summed E-state index contributed by atoms with van der Waals surface area (Å²) in [4.78, 5) is 4.41. The van der Waals surface area contributed by atoms with Gasteiger partial charge in [-0.2, -0.15) is 10.2 Å². The predicted octanol–water partition coefficient (Wildman–Crippen LogP) is 3.11. The molecule has 0 radical (unpaired) electrons. The van der Waals surface area contributed by atoms with Crippen LogP contribution in [0.4, 0.5) is 0 Å². The molecule has 0 amide bonds. The first-order chi connectivity index (χ1) is 10.6. The van der Waals surface area contributed by atoms with Crippen molar-refractivity contribution in [3.8, 4) is 11.8 Å². The van der Waals surface area contributed by atoms with Crippen molar-refractivity contribution >= 4 is 0 Å². The lowest BCUT2D eigenvalue weighted by Gasteiger charge is -2.22. The molecule has 0 aliphatic carbocycles. The summed E-state index contributed by atoms with van der Waals surface area (Å²) in [5.74, 6) is 1.62. The zero-order chi connectivity index (χ0) is 15.6. The van der Waals surface area contributed by atoms with Gasteiger partial charge in [0.05, 0.1) is 11.6 Å². The fraction of sp³-hybridized carbons (Fsp3) is 0.438. The van der Waals surface area contributed by atoms with E-state index < -0.39 is 5.60 Å². The van der Waals surface area contributed by atoms with Crippen molar-refractivity contribution in [2.75, 3.05) is 6.61 Å². The average molecular weight is 299 g/mol. The maximum Gasteiger partial charge on any atom is 0.270 e. The van der Waals surface area contributed by atoms with E-state index in [4.69, 9.17) is 19.3 Å². The number of aromatic nitrogens is 2. The molecule has 1 unspecified atom stereocenters. The Bertz CT molecular complexity index is 679. The molecule has 6 nitrogen and oxygen atoms in total. The third-order valence-corrected chi connectivity index (χ3v) is 3.53. The van der Waals surface area contributed by atoms with Crippen LogP contribution in [-0.4, -0.2) is 16.7 Å². The summed E-state index contributed by atoms with van der Waals surface area (Å²) >= 11 is 0. The molecule has 1 saturated heterocycles. The van der Waals surface area contributed by atoms with E-state index in [1.165, 1.54) is 0 Å². The molecule has 1 aromatic heterocycles. The molecule has 6 heteroatoms. The molecule has 0 bridgehead atoms. The van der Waals surface area contributed by atoms with Crippen molar-refractivity contribution in [1.29, 1.82) is 5.26 Å². The fourth-order valence-electron chi connectivity index (χ4n) is 2.33. The highest BCUT2D eigenvalue weighted by atomic mass is 16.5. The summed E-state index contributed by atoms with van der Waals surface area (Å²) in [7, 11) is 0. The van der Waals surface area contributed by atoms with Crippen LogP contribution >= 0.6 is 0 Å². The summed E-state index contributed by atoms with van der Waals surface area (Å²) in [5, 5.41) is 12.8. The Kier molecular flexibility index (Phi) is 3.82. The Morgan fingerprint density at radius 3 is 2.73 bits per heavy atom. The standard InChI is InChI=1S/C16H17N3O3/c1-16(2,21-12-7-5-11(10-17)6-8-12)15-18-14(19-22-15)13-4-3-9-20-13/h5-8,13H,3-4,9H2,1-2H3. The zero-order valence-electron chi connectivity index (χ0n) is 12.6. The Morgan fingerprint density at radius 2 is 2.09 bits per heavy atom. The molecule has 0 saturated carbocycles. The van der Waals surface area contributed by atoms with Crippen molar-refractivity contribution in [2.24, 2.45) is 0 Å². The highest BCUT2D eigenvalue weighted by molar-refractivity contribution is 5.34. The van der Waals surface area contributed by atoms with E-state index in [0.29, 0.717) is 23.0 Å². The van der Waals surface area contributed by atoms with Gasteiger partial charge in [0, 0.05) is 6.61 Å². The number of benzene rings is 1. The van der Waals surface area contributed by atoms with E-state index in [0.717, 1.165) is 19.4 Å². The molecule has 2 heterocycles. The van der Waals surface area contributed by atoms with Gasteiger partial charge in [0.25, 0.3) is 5.89 Å². The Balaban J connectivity index is 1.75. The van der Waals surface area contributed by atoms with Gasteiger partial charge in [-0.15, -0.1) is 0 Å². The van der Waals surface area contributed by atoms with E-state index in [1.54, 1.807) is 24.3 Å². The van der Waals surface area contributed by atoms with E-state index in [1.807, 2.05) is 13.8 Å². The molecule has 114 valence electrons. The van der Waals surface area contributed by atoms with Crippen LogP contribution in [0, 0.1) is 11.3 Å². The summed E-state index contributed by atoms with van der Waals surface area (Å²) in [5.41, 5.74) is -0.179. The molecule has 1 aliphatic heterocycles. The largest absolute Gasteiger partial charge is 0.478 e. The van der Waals surface area contributed by atoms with Gasteiger partial charge in [0.1, 0.15) is 11.9 Å². The van der Waals surface area contributed by atoms with E-state index >= 15 is 0 Å². The van der Waals surface area contributed by atoms with E-state index in [-0.39, 0.29) is 6.10 Å². The van der Waals surface area contributed by atoms with E-state index in [9.17, 15) is 0 Å². The minimum absolute atomic E-state index is 0.0804. The Hall–Kier alpha value is -2.39. The van der Waals surface area contributed by atoms with Crippen LogP contribution in [0.25, 0.3) is 0 Å². The second-order valence-corrected chi connectivity index (χ2v) is 5.71. The van der Waals surface area contributed by atoms with Crippen molar-refractivity contribution in [3.63, 3.8) is 0 Å². The molecule has 1 atom stereocenters. The minimum atomic E-state index is -0.766. The summed E-state index contributed by atoms with van der Waals surface area (Å²) in [6, 6.07) is 8.98. The summed E-state index contributed by atoms with van der Waals surface area (Å²) in [6.07, 6.45) is 1.85. The van der Waals surface area contributed by atoms with Crippen LogP contribution in [0.1, 0.15) is 50.1 Å². The van der Waals surface area contributed by atoms with Gasteiger partial charge in [0.15, 0.2) is 5.60 Å². The molecule has 3 rings (SSSR count). The molecular formula is C16H17N3O3. The van der Waals surface area contributed by atoms with Crippen LogP contribution in [0.3, 0.4) is 0 Å². The van der Waals surface area contributed by atoms with Crippen LogP contribution in [0.15, 0.2) is 28.8 Å². The highest BCUT2D eigenvalue weighted by Crippen LogP contribution is 2.30. The van der Waals surface area contributed by atoms with Crippen LogP contribution in [-0.2, 0) is 10.3 Å². The third-order valence-electron chi connectivity index (χ3n) is 3.53. The molecule has 22 heavy (non-hydrogen) atoms. The molecule has 1 aliphatic rings. The zero-order valence-corrected chi connectivity index (χ0v) is 12.6. The van der Waals surface area contributed by atoms with Gasteiger partial charge >= 0.3 is 0 Å². The lowest BCUT2D eigenvalue weighted by Crippen LogP contribution is -2.25. The number of hydrogen-bond acceptors (Lipinski definition) is 6. The van der Waals surface area contributed by atoms with Gasteiger partial charge in [-0.1, -0.05) is 5.16 Å². The van der Waals surface area contributed by atoms with Crippen LogP contribution < -0.4 is 4.74 Å². The second kappa shape index (κ2) is 5.78. The quantitative estimate of drug-likeness (QED) is 0.862. The predicted molar refractivity (Wildman–Crippen MR) is 77.0 cm³/mol. The average Bonchev–Trinajstić information content (AvgIpc) is 3.19. The topological polar surface area (TPSA) is 81.2 Å². The Morgan fingerprint density at radius 1 is 1.32 bits per heavy atom. The molecule has 0 N–H and O–H groups in total. The van der Waals surface area contributed by atoms with Gasteiger partial charge in [0.2, 0.25) is 5.82 Å². The van der Waals surface area contributed by atoms with Gasteiger partial charge in [-0.05, 0) is 51.0 Å². The first-order valence-electron chi connectivity index (χ1n) is 7.23. The molecular weight excluding hydrogens is 282 g/mol. The molecule has 1 aromatic carbocycles. The minimum Gasteiger partial charge on any atom is -0.478 e. The lowest BCUT2D eigenvalue weighted by molar-refractivity contribution is 0.0690. The molecule has 2 aromatic rings. The maximum atomic E-state index is 8.81. The van der Waals surface area contributed by atoms with Crippen molar-refractivity contribution in [3.05, 3.63) is 41.5 Å². The highest BCUT2D eigenvalue weighted by Gasteiger charge is 2.32. The number of ether oxygens (including phenoxy) is 2. The first-order valence-corrected chi connectivity index (χ1v) is 7.23. The summed E-state index contributed by atoms with van der Waals surface area (Å²) in [6.45, 7) is 4.45. The van der Waals surface area contributed by atoms with Gasteiger partial charge < -0.3 is 14.0 Å². The maximum absolute atomic E-state index is 8.81. The van der Waals surface area contributed by atoms with Crippen molar-refractivity contribution in [2.45, 2.75) is 38.4 Å². The SMILES string of the molecule is CC(C)(Oc1ccc(C#N)cc1)c1nc(C2CCCO2)no1. The monoisotopic (exact) mass is 299 g/mol. The number of nitriles is 1. The number of hydrogen-bond donors (Lipinski definition) is 0. The lowest BCUT2D eigenvalue weighted by atomic mass is 10.1.